The van der Waals surface area contributed by atoms with Crippen molar-refractivity contribution in [3.05, 3.63) is 0 Å². The maximum Gasteiger partial charge on any atom is 0.240 e. The zero-order valence-corrected chi connectivity index (χ0v) is 9.58. The van der Waals surface area contributed by atoms with E-state index in [1.54, 1.807) is 19.0 Å². The van der Waals surface area contributed by atoms with Gasteiger partial charge in [0, 0.05) is 39.8 Å². The Morgan fingerprint density at radius 2 is 2.14 bits per heavy atom. The van der Waals surface area contributed by atoms with Gasteiger partial charge in [-0.05, 0) is 13.8 Å². The first-order valence-electron chi connectivity index (χ1n) is 5.21. The molecule has 1 rings (SSSR count). The van der Waals surface area contributed by atoms with E-state index >= 15 is 0 Å². The third-order valence-electron chi connectivity index (χ3n) is 2.68. The molecule has 4 heteroatoms. The molecule has 0 aromatic rings. The molecule has 1 atom stereocenters. The molecule has 1 N–H and O–H groups in total. The van der Waals surface area contributed by atoms with E-state index in [0.717, 1.165) is 19.6 Å². The number of carbonyl (C=O) groups is 1. The Bertz CT molecular complexity index is 204. The lowest BCUT2D eigenvalue weighted by Gasteiger charge is -2.36. The number of hydrogen-bond donors (Lipinski definition) is 1. The van der Waals surface area contributed by atoms with Crippen molar-refractivity contribution >= 4 is 5.91 Å². The molecule has 0 aromatic heterocycles. The van der Waals surface area contributed by atoms with Crippen molar-refractivity contribution in [3.8, 4) is 0 Å². The first-order chi connectivity index (χ1) is 6.52. The molecule has 1 aliphatic rings. The lowest BCUT2D eigenvalue weighted by Crippen LogP contribution is -2.58. The van der Waals surface area contributed by atoms with Crippen LogP contribution in [0, 0.1) is 0 Å². The number of nitrogens with one attached hydrogen (secondary N) is 1. The molecule has 4 nitrogen and oxygen atoms in total. The second-order valence-corrected chi connectivity index (χ2v) is 4.33. The molecule has 1 aliphatic heterocycles. The standard InChI is InChI=1S/C10H21N3O/c1-8(2)13-6-5-11-9(7-13)10(14)12(3)4/h8-9,11H,5-7H2,1-4H3. The number of nitrogens with zero attached hydrogens (tertiary/aromatic N) is 2. The highest BCUT2D eigenvalue weighted by Crippen LogP contribution is 2.05. The van der Waals surface area contributed by atoms with Crippen LogP contribution < -0.4 is 5.32 Å². The van der Waals surface area contributed by atoms with Crippen molar-refractivity contribution < 1.29 is 4.79 Å². The number of piperazine rings is 1. The molecule has 0 saturated carbocycles. The van der Waals surface area contributed by atoms with Gasteiger partial charge in [-0.3, -0.25) is 9.69 Å². The van der Waals surface area contributed by atoms with Crippen molar-refractivity contribution in [2.75, 3.05) is 33.7 Å². The highest BCUT2D eigenvalue weighted by Gasteiger charge is 2.27. The zero-order valence-electron chi connectivity index (χ0n) is 9.58. The second kappa shape index (κ2) is 4.75. The van der Waals surface area contributed by atoms with E-state index in [2.05, 4.69) is 24.1 Å². The van der Waals surface area contributed by atoms with Gasteiger partial charge in [-0.1, -0.05) is 0 Å². The Labute approximate surface area is 86.2 Å². The van der Waals surface area contributed by atoms with E-state index in [1.165, 1.54) is 0 Å². The largest absolute Gasteiger partial charge is 0.347 e. The fourth-order valence-corrected chi connectivity index (χ4v) is 1.72. The lowest BCUT2D eigenvalue weighted by atomic mass is 10.1. The van der Waals surface area contributed by atoms with Gasteiger partial charge < -0.3 is 10.2 Å². The van der Waals surface area contributed by atoms with Crippen LogP contribution in [-0.4, -0.2) is 61.5 Å². The van der Waals surface area contributed by atoms with E-state index in [1.807, 2.05) is 0 Å². The predicted octanol–water partition coefficient (Wildman–Crippen LogP) is -0.243. The minimum atomic E-state index is -0.0267. The van der Waals surface area contributed by atoms with Crippen LogP contribution in [0.25, 0.3) is 0 Å². The molecule has 0 aliphatic carbocycles. The monoisotopic (exact) mass is 199 g/mol. The van der Waals surface area contributed by atoms with Gasteiger partial charge in [0.15, 0.2) is 0 Å². The Balaban J connectivity index is 2.51. The summed E-state index contributed by atoms with van der Waals surface area (Å²) in [6.07, 6.45) is 0. The Morgan fingerprint density at radius 3 is 2.64 bits per heavy atom. The fourth-order valence-electron chi connectivity index (χ4n) is 1.72. The average Bonchev–Trinajstić information content (AvgIpc) is 2.16. The Hall–Kier alpha value is -0.610. The van der Waals surface area contributed by atoms with Crippen LogP contribution in [0.2, 0.25) is 0 Å². The minimum Gasteiger partial charge on any atom is -0.347 e. The van der Waals surface area contributed by atoms with Gasteiger partial charge in [0.1, 0.15) is 0 Å². The highest BCUT2D eigenvalue weighted by atomic mass is 16.2. The first kappa shape index (κ1) is 11.5. The molecule has 82 valence electrons. The average molecular weight is 199 g/mol. The van der Waals surface area contributed by atoms with E-state index < -0.39 is 0 Å². The van der Waals surface area contributed by atoms with E-state index in [0.29, 0.717) is 6.04 Å². The third kappa shape index (κ3) is 2.69. The third-order valence-corrected chi connectivity index (χ3v) is 2.68. The summed E-state index contributed by atoms with van der Waals surface area (Å²) in [4.78, 5) is 15.7. The maximum absolute atomic E-state index is 11.7. The van der Waals surface area contributed by atoms with Crippen molar-refractivity contribution in [1.29, 1.82) is 0 Å². The topological polar surface area (TPSA) is 35.6 Å². The van der Waals surface area contributed by atoms with Crippen LogP contribution in [0.5, 0.6) is 0 Å². The van der Waals surface area contributed by atoms with Crippen molar-refractivity contribution in [3.63, 3.8) is 0 Å². The summed E-state index contributed by atoms with van der Waals surface area (Å²) in [6, 6.07) is 0.496. The molecule has 0 radical (unpaired) electrons. The summed E-state index contributed by atoms with van der Waals surface area (Å²) in [5.41, 5.74) is 0. The Kier molecular flexibility index (Phi) is 3.89. The molecule has 0 aromatic carbocycles. The quantitative estimate of drug-likeness (QED) is 0.666. The maximum atomic E-state index is 11.7. The van der Waals surface area contributed by atoms with E-state index in [9.17, 15) is 4.79 Å². The molecule has 1 fully saturated rings. The van der Waals surface area contributed by atoms with Crippen molar-refractivity contribution in [1.82, 2.24) is 15.1 Å². The van der Waals surface area contributed by atoms with E-state index in [4.69, 9.17) is 0 Å². The summed E-state index contributed by atoms with van der Waals surface area (Å²) in [5, 5.41) is 3.25. The normalized spacial score (nSPS) is 23.9. The zero-order chi connectivity index (χ0) is 10.7. The lowest BCUT2D eigenvalue weighted by molar-refractivity contribution is -0.132. The number of hydrogen-bond acceptors (Lipinski definition) is 3. The van der Waals surface area contributed by atoms with Crippen molar-refractivity contribution in [2.45, 2.75) is 25.9 Å². The fraction of sp³-hybridized carbons (Fsp3) is 0.900. The van der Waals surface area contributed by atoms with Gasteiger partial charge >= 0.3 is 0 Å². The summed E-state index contributed by atoms with van der Waals surface area (Å²) >= 11 is 0. The number of likely N-dealkylation sites (N-methyl/N-ethyl adjacent to an activating group) is 1. The SMILES string of the molecule is CC(C)N1CCNC(C(=O)N(C)C)C1. The molecular formula is C10H21N3O. The summed E-state index contributed by atoms with van der Waals surface area (Å²) in [6.45, 7) is 7.11. The molecule has 0 bridgehead atoms. The molecule has 14 heavy (non-hydrogen) atoms. The van der Waals surface area contributed by atoms with Gasteiger partial charge in [-0.25, -0.2) is 0 Å². The van der Waals surface area contributed by atoms with Crippen LogP contribution in [0.15, 0.2) is 0 Å². The Morgan fingerprint density at radius 1 is 1.50 bits per heavy atom. The molecule has 1 unspecified atom stereocenters. The van der Waals surface area contributed by atoms with Gasteiger partial charge in [0.25, 0.3) is 0 Å². The number of carbonyl (C=O) groups excluding carboxylic acids is 1. The van der Waals surface area contributed by atoms with Gasteiger partial charge in [-0.2, -0.15) is 0 Å². The van der Waals surface area contributed by atoms with Gasteiger partial charge in [0.2, 0.25) is 5.91 Å². The van der Waals surface area contributed by atoms with Crippen LogP contribution in [0.1, 0.15) is 13.8 Å². The number of amides is 1. The number of rotatable bonds is 2. The van der Waals surface area contributed by atoms with Crippen LogP contribution in [-0.2, 0) is 4.79 Å². The predicted molar refractivity (Wildman–Crippen MR) is 57.2 cm³/mol. The van der Waals surface area contributed by atoms with Gasteiger partial charge in [0.05, 0.1) is 6.04 Å². The first-order valence-corrected chi connectivity index (χ1v) is 5.21. The molecule has 1 saturated heterocycles. The molecular weight excluding hydrogens is 178 g/mol. The molecule has 1 amide bonds. The smallest absolute Gasteiger partial charge is 0.240 e. The van der Waals surface area contributed by atoms with Crippen molar-refractivity contribution in [2.24, 2.45) is 0 Å². The van der Waals surface area contributed by atoms with Crippen LogP contribution in [0.4, 0.5) is 0 Å². The van der Waals surface area contributed by atoms with Gasteiger partial charge in [-0.15, -0.1) is 0 Å². The van der Waals surface area contributed by atoms with E-state index in [-0.39, 0.29) is 11.9 Å². The van der Waals surface area contributed by atoms with Crippen LogP contribution >= 0.6 is 0 Å². The summed E-state index contributed by atoms with van der Waals surface area (Å²) < 4.78 is 0. The summed E-state index contributed by atoms with van der Waals surface area (Å²) in [7, 11) is 3.61. The molecule has 1 heterocycles. The minimum absolute atomic E-state index is 0.0267. The molecule has 0 spiro atoms. The summed E-state index contributed by atoms with van der Waals surface area (Å²) in [5.74, 6) is 0.176. The second-order valence-electron chi connectivity index (χ2n) is 4.33. The van der Waals surface area contributed by atoms with Crippen LogP contribution in [0.3, 0.4) is 0 Å². The highest BCUT2D eigenvalue weighted by molar-refractivity contribution is 5.81.